The Morgan fingerprint density at radius 1 is 1.40 bits per heavy atom. The number of halogens is 1. The van der Waals surface area contributed by atoms with Crippen LogP contribution in [0.15, 0.2) is 18.2 Å². The number of nitrogen functional groups attached to an aromatic ring is 1. The number of anilines is 1. The van der Waals surface area contributed by atoms with E-state index in [1.165, 1.54) is 0 Å². The number of carbonyl (C=O) groups excluding carboxylic acids is 1. The minimum atomic E-state index is -0.138. The lowest BCUT2D eigenvalue weighted by Gasteiger charge is -2.37. The van der Waals surface area contributed by atoms with Crippen molar-refractivity contribution in [3.8, 4) is 0 Å². The molecule has 0 saturated carbocycles. The Morgan fingerprint density at radius 2 is 2.15 bits per heavy atom. The maximum Gasteiger partial charge on any atom is 0.251 e. The first kappa shape index (κ1) is 15.1. The highest BCUT2D eigenvalue weighted by molar-refractivity contribution is 6.31. The van der Waals surface area contributed by atoms with Crippen molar-refractivity contribution in [1.29, 1.82) is 0 Å². The van der Waals surface area contributed by atoms with E-state index in [4.69, 9.17) is 17.3 Å². The summed E-state index contributed by atoms with van der Waals surface area (Å²) in [5, 5.41) is 3.43. The molecule has 3 N–H and O–H groups in total. The van der Waals surface area contributed by atoms with Crippen LogP contribution in [0.3, 0.4) is 0 Å². The average Bonchev–Trinajstić information content (AvgIpc) is 2.38. The first-order chi connectivity index (χ1) is 9.45. The Morgan fingerprint density at radius 3 is 2.85 bits per heavy atom. The molecule has 0 aliphatic carbocycles. The molecule has 1 fully saturated rings. The Balaban J connectivity index is 1.94. The number of carbonyl (C=O) groups is 1. The van der Waals surface area contributed by atoms with E-state index in [0.717, 1.165) is 19.6 Å². The van der Waals surface area contributed by atoms with E-state index in [9.17, 15) is 4.79 Å². The van der Waals surface area contributed by atoms with Crippen LogP contribution >= 0.6 is 11.6 Å². The molecule has 20 heavy (non-hydrogen) atoms. The van der Waals surface area contributed by atoms with E-state index in [1.807, 2.05) is 0 Å². The molecular formula is C14H21ClN4O. The smallest absolute Gasteiger partial charge is 0.251 e. The molecule has 1 aromatic rings. The molecule has 110 valence electrons. The van der Waals surface area contributed by atoms with Gasteiger partial charge in [-0.3, -0.25) is 9.69 Å². The number of nitrogens with one attached hydrogen (secondary N) is 1. The van der Waals surface area contributed by atoms with Gasteiger partial charge in [-0.1, -0.05) is 11.6 Å². The molecule has 0 spiro atoms. The SMILES string of the molecule is CN1CCN(C)C(CNC(=O)c2cc(N)cc(Cl)c2)C1. The third-order valence-corrected chi connectivity index (χ3v) is 3.88. The Kier molecular flexibility index (Phi) is 4.86. The Bertz CT molecular complexity index is 474. The van der Waals surface area contributed by atoms with E-state index < -0.39 is 0 Å². The summed E-state index contributed by atoms with van der Waals surface area (Å²) >= 11 is 5.91. The zero-order chi connectivity index (χ0) is 14.7. The van der Waals surface area contributed by atoms with E-state index in [0.29, 0.717) is 28.9 Å². The molecule has 0 bridgehead atoms. The van der Waals surface area contributed by atoms with Crippen LogP contribution in [0.5, 0.6) is 0 Å². The van der Waals surface area contributed by atoms with Gasteiger partial charge in [-0.05, 0) is 32.3 Å². The maximum atomic E-state index is 12.1. The number of nitrogens with zero attached hydrogens (tertiary/aromatic N) is 2. The van der Waals surface area contributed by atoms with Crippen LogP contribution in [0.25, 0.3) is 0 Å². The summed E-state index contributed by atoms with van der Waals surface area (Å²) in [6.45, 7) is 3.65. The van der Waals surface area contributed by atoms with Gasteiger partial charge in [0.15, 0.2) is 0 Å². The van der Waals surface area contributed by atoms with Gasteiger partial charge in [0.05, 0.1) is 0 Å². The number of piperazine rings is 1. The quantitative estimate of drug-likeness (QED) is 0.814. The molecule has 0 aromatic heterocycles. The third kappa shape index (κ3) is 3.85. The molecule has 1 aromatic carbocycles. The predicted molar refractivity (Wildman–Crippen MR) is 82.1 cm³/mol. The van der Waals surface area contributed by atoms with Crippen molar-refractivity contribution in [3.05, 3.63) is 28.8 Å². The highest BCUT2D eigenvalue weighted by atomic mass is 35.5. The van der Waals surface area contributed by atoms with Gasteiger partial charge in [0.25, 0.3) is 5.91 Å². The van der Waals surface area contributed by atoms with Crippen LogP contribution < -0.4 is 11.1 Å². The van der Waals surface area contributed by atoms with Crippen LogP contribution in [0.1, 0.15) is 10.4 Å². The molecule has 1 aliphatic rings. The number of hydrogen-bond donors (Lipinski definition) is 2. The van der Waals surface area contributed by atoms with Gasteiger partial charge in [0.2, 0.25) is 0 Å². The second kappa shape index (κ2) is 6.43. The van der Waals surface area contributed by atoms with Crippen LogP contribution in [-0.4, -0.2) is 62.0 Å². The van der Waals surface area contributed by atoms with Gasteiger partial charge in [0.1, 0.15) is 0 Å². The average molecular weight is 297 g/mol. The number of hydrogen-bond acceptors (Lipinski definition) is 4. The van der Waals surface area contributed by atoms with Crippen molar-refractivity contribution in [2.45, 2.75) is 6.04 Å². The van der Waals surface area contributed by atoms with E-state index in [2.05, 4.69) is 29.2 Å². The van der Waals surface area contributed by atoms with Crippen molar-refractivity contribution in [2.24, 2.45) is 0 Å². The summed E-state index contributed by atoms with van der Waals surface area (Å²) in [5.41, 5.74) is 6.70. The molecule has 1 heterocycles. The highest BCUT2D eigenvalue weighted by Crippen LogP contribution is 2.16. The van der Waals surface area contributed by atoms with Crippen molar-refractivity contribution in [1.82, 2.24) is 15.1 Å². The highest BCUT2D eigenvalue weighted by Gasteiger charge is 2.22. The molecule has 1 aliphatic heterocycles. The molecular weight excluding hydrogens is 276 g/mol. The van der Waals surface area contributed by atoms with Crippen molar-refractivity contribution in [2.75, 3.05) is 46.0 Å². The van der Waals surface area contributed by atoms with Gasteiger partial charge in [0, 0.05) is 48.5 Å². The first-order valence-electron chi connectivity index (χ1n) is 6.69. The maximum absolute atomic E-state index is 12.1. The normalized spacial score (nSPS) is 20.9. The zero-order valence-electron chi connectivity index (χ0n) is 11.9. The molecule has 1 saturated heterocycles. The lowest BCUT2D eigenvalue weighted by Crippen LogP contribution is -2.54. The van der Waals surface area contributed by atoms with E-state index >= 15 is 0 Å². The summed E-state index contributed by atoms with van der Waals surface area (Å²) in [4.78, 5) is 16.7. The molecule has 2 rings (SSSR count). The van der Waals surface area contributed by atoms with Gasteiger partial charge in [-0.2, -0.15) is 0 Å². The van der Waals surface area contributed by atoms with Gasteiger partial charge in [-0.25, -0.2) is 0 Å². The number of likely N-dealkylation sites (N-methyl/N-ethyl adjacent to an activating group) is 2. The van der Waals surface area contributed by atoms with Crippen molar-refractivity contribution >= 4 is 23.2 Å². The first-order valence-corrected chi connectivity index (χ1v) is 7.06. The molecule has 5 nitrogen and oxygen atoms in total. The zero-order valence-corrected chi connectivity index (χ0v) is 12.7. The third-order valence-electron chi connectivity index (χ3n) is 3.66. The van der Waals surface area contributed by atoms with E-state index in [-0.39, 0.29) is 5.91 Å². The van der Waals surface area contributed by atoms with Gasteiger partial charge in [-0.15, -0.1) is 0 Å². The largest absolute Gasteiger partial charge is 0.399 e. The molecule has 6 heteroatoms. The van der Waals surface area contributed by atoms with Crippen LogP contribution in [0.2, 0.25) is 5.02 Å². The summed E-state index contributed by atoms with van der Waals surface area (Å²) in [7, 11) is 4.18. The number of rotatable bonds is 3. The number of benzene rings is 1. The fourth-order valence-electron chi connectivity index (χ4n) is 2.38. The van der Waals surface area contributed by atoms with E-state index in [1.54, 1.807) is 18.2 Å². The van der Waals surface area contributed by atoms with Crippen LogP contribution in [0.4, 0.5) is 5.69 Å². The van der Waals surface area contributed by atoms with Crippen LogP contribution in [0, 0.1) is 0 Å². The molecule has 1 atom stereocenters. The minimum absolute atomic E-state index is 0.138. The van der Waals surface area contributed by atoms with Crippen LogP contribution in [-0.2, 0) is 0 Å². The Labute approximate surface area is 124 Å². The minimum Gasteiger partial charge on any atom is -0.399 e. The van der Waals surface area contributed by atoms with Gasteiger partial charge >= 0.3 is 0 Å². The summed E-state index contributed by atoms with van der Waals surface area (Å²) in [5.74, 6) is -0.138. The summed E-state index contributed by atoms with van der Waals surface area (Å²) in [6, 6.07) is 5.22. The van der Waals surface area contributed by atoms with Crippen molar-refractivity contribution in [3.63, 3.8) is 0 Å². The standard InChI is InChI=1S/C14H21ClN4O/c1-18-3-4-19(2)13(9-18)8-17-14(20)10-5-11(15)7-12(16)6-10/h5-7,13H,3-4,8-9,16H2,1-2H3,(H,17,20). The second-order valence-electron chi connectivity index (χ2n) is 5.38. The molecule has 1 unspecified atom stereocenters. The topological polar surface area (TPSA) is 61.6 Å². The summed E-state index contributed by atoms with van der Waals surface area (Å²) in [6.07, 6.45) is 0. The second-order valence-corrected chi connectivity index (χ2v) is 5.82. The fourth-order valence-corrected chi connectivity index (χ4v) is 2.62. The van der Waals surface area contributed by atoms with Crippen molar-refractivity contribution < 1.29 is 4.79 Å². The lowest BCUT2D eigenvalue weighted by molar-refractivity contribution is 0.0881. The molecule has 0 radical (unpaired) electrons. The fraction of sp³-hybridized carbons (Fsp3) is 0.500. The van der Waals surface area contributed by atoms with Gasteiger partial charge < -0.3 is 16.0 Å². The predicted octanol–water partition coefficient (Wildman–Crippen LogP) is 0.898. The Hall–Kier alpha value is -1.30. The monoisotopic (exact) mass is 296 g/mol. The number of nitrogens with two attached hydrogens (primary N) is 1. The molecule has 1 amide bonds. The summed E-state index contributed by atoms with van der Waals surface area (Å²) < 4.78 is 0. The lowest BCUT2D eigenvalue weighted by atomic mass is 10.1. The number of amides is 1.